The zero-order valence-corrected chi connectivity index (χ0v) is 9.36. The summed E-state index contributed by atoms with van der Waals surface area (Å²) in [4.78, 5) is 0. The zero-order chi connectivity index (χ0) is 11.0. The molecule has 1 aromatic carbocycles. The quantitative estimate of drug-likeness (QED) is 0.807. The van der Waals surface area contributed by atoms with E-state index in [-0.39, 0.29) is 6.04 Å². The largest absolute Gasteiger partial charge is 0.328 e. The topological polar surface area (TPSA) is 56.7 Å². The van der Waals surface area contributed by atoms with Crippen LogP contribution in [-0.4, -0.2) is 21.5 Å². The van der Waals surface area contributed by atoms with Crippen LogP contribution < -0.4 is 5.73 Å². The minimum atomic E-state index is 0.192. The minimum absolute atomic E-state index is 0.192. The van der Waals surface area contributed by atoms with E-state index in [1.54, 1.807) is 0 Å². The Morgan fingerprint density at radius 3 is 2.67 bits per heavy atom. The molecule has 1 atom stereocenters. The van der Waals surface area contributed by atoms with Crippen LogP contribution in [0, 0.1) is 13.8 Å². The molecule has 1 heterocycles. The summed E-state index contributed by atoms with van der Waals surface area (Å²) in [6.07, 6.45) is 0. The summed E-state index contributed by atoms with van der Waals surface area (Å²) >= 11 is 0. The van der Waals surface area contributed by atoms with E-state index in [1.165, 1.54) is 11.1 Å². The third kappa shape index (κ3) is 1.61. The number of hydrogen-bond donors (Lipinski definition) is 1. The van der Waals surface area contributed by atoms with E-state index in [4.69, 9.17) is 5.73 Å². The Morgan fingerprint density at radius 2 is 2.00 bits per heavy atom. The van der Waals surface area contributed by atoms with Gasteiger partial charge in [0.1, 0.15) is 5.52 Å². The van der Waals surface area contributed by atoms with Gasteiger partial charge < -0.3 is 5.73 Å². The van der Waals surface area contributed by atoms with Gasteiger partial charge in [-0.1, -0.05) is 5.21 Å². The Bertz CT molecular complexity index is 487. The molecule has 0 aliphatic carbocycles. The number of aryl methyl sites for hydroxylation is 2. The van der Waals surface area contributed by atoms with Crippen LogP contribution >= 0.6 is 0 Å². The maximum absolute atomic E-state index is 5.63. The number of rotatable bonds is 2. The number of nitrogens with two attached hydrogens (primary N) is 1. The molecular weight excluding hydrogens is 188 g/mol. The molecule has 4 nitrogen and oxygen atoms in total. The molecule has 0 spiro atoms. The third-order valence-electron chi connectivity index (χ3n) is 2.85. The average molecular weight is 204 g/mol. The Labute approximate surface area is 89.1 Å². The third-order valence-corrected chi connectivity index (χ3v) is 2.85. The lowest BCUT2D eigenvalue weighted by molar-refractivity contribution is 0.500. The maximum Gasteiger partial charge on any atom is 0.113 e. The van der Waals surface area contributed by atoms with Gasteiger partial charge in [-0.2, -0.15) is 0 Å². The van der Waals surface area contributed by atoms with Crippen LogP contribution in [0.25, 0.3) is 11.0 Å². The molecule has 80 valence electrons. The fourth-order valence-electron chi connectivity index (χ4n) is 1.62. The molecule has 0 bridgehead atoms. The van der Waals surface area contributed by atoms with Crippen LogP contribution in [0.15, 0.2) is 12.1 Å². The molecule has 0 aliphatic rings. The SMILES string of the molecule is Cc1cc2nnn([C@H](C)CN)c2cc1C. The predicted molar refractivity (Wildman–Crippen MR) is 60.8 cm³/mol. The van der Waals surface area contributed by atoms with E-state index in [0.29, 0.717) is 6.54 Å². The number of aromatic nitrogens is 3. The van der Waals surface area contributed by atoms with E-state index >= 15 is 0 Å². The summed E-state index contributed by atoms with van der Waals surface area (Å²) < 4.78 is 1.89. The molecule has 2 N–H and O–H groups in total. The molecule has 0 unspecified atom stereocenters. The number of hydrogen-bond acceptors (Lipinski definition) is 3. The second-order valence-electron chi connectivity index (χ2n) is 4.04. The molecule has 2 aromatic rings. The van der Waals surface area contributed by atoms with Crippen LogP contribution in [-0.2, 0) is 0 Å². The summed E-state index contributed by atoms with van der Waals surface area (Å²) in [6.45, 7) is 6.80. The van der Waals surface area contributed by atoms with Crippen molar-refractivity contribution in [2.75, 3.05) is 6.54 Å². The lowest BCUT2D eigenvalue weighted by Crippen LogP contribution is -2.17. The van der Waals surface area contributed by atoms with Crippen molar-refractivity contribution in [1.82, 2.24) is 15.0 Å². The Hall–Kier alpha value is -1.42. The van der Waals surface area contributed by atoms with Crippen LogP contribution in [0.2, 0.25) is 0 Å². The first kappa shape index (κ1) is 10.1. The molecular formula is C11H16N4. The highest BCUT2D eigenvalue weighted by atomic mass is 15.4. The molecule has 0 saturated carbocycles. The van der Waals surface area contributed by atoms with Gasteiger partial charge in [-0.25, -0.2) is 4.68 Å². The standard InChI is InChI=1S/C11H16N4/c1-7-4-10-11(5-8(7)2)15(14-13-10)9(3)6-12/h4-5,9H,6,12H2,1-3H3/t9-/m1/s1. The van der Waals surface area contributed by atoms with Crippen molar-refractivity contribution >= 4 is 11.0 Å². The summed E-state index contributed by atoms with van der Waals surface area (Å²) in [6, 6.07) is 4.38. The van der Waals surface area contributed by atoms with Crippen molar-refractivity contribution in [3.63, 3.8) is 0 Å². The van der Waals surface area contributed by atoms with Crippen molar-refractivity contribution in [3.8, 4) is 0 Å². The molecule has 0 aliphatic heterocycles. The number of fused-ring (bicyclic) bond motifs is 1. The Balaban J connectivity index is 2.64. The summed E-state index contributed by atoms with van der Waals surface area (Å²) in [7, 11) is 0. The van der Waals surface area contributed by atoms with Gasteiger partial charge in [-0.15, -0.1) is 5.10 Å². The van der Waals surface area contributed by atoms with E-state index < -0.39 is 0 Å². The van der Waals surface area contributed by atoms with Gasteiger partial charge in [-0.3, -0.25) is 0 Å². The zero-order valence-electron chi connectivity index (χ0n) is 9.36. The van der Waals surface area contributed by atoms with Crippen LogP contribution in [0.4, 0.5) is 0 Å². The monoisotopic (exact) mass is 204 g/mol. The Kier molecular flexibility index (Phi) is 2.44. The van der Waals surface area contributed by atoms with Gasteiger partial charge in [0.25, 0.3) is 0 Å². The second kappa shape index (κ2) is 3.62. The molecule has 1 aromatic heterocycles. The van der Waals surface area contributed by atoms with E-state index in [2.05, 4.69) is 36.3 Å². The predicted octanol–water partition coefficient (Wildman–Crippen LogP) is 1.57. The van der Waals surface area contributed by atoms with Crippen LogP contribution in [0.3, 0.4) is 0 Å². The molecule has 0 saturated heterocycles. The molecule has 4 heteroatoms. The average Bonchev–Trinajstić information content (AvgIpc) is 2.61. The smallest absolute Gasteiger partial charge is 0.113 e. The summed E-state index contributed by atoms with van der Waals surface area (Å²) in [5, 5.41) is 8.28. The van der Waals surface area contributed by atoms with Gasteiger partial charge in [-0.05, 0) is 44.0 Å². The number of benzene rings is 1. The van der Waals surface area contributed by atoms with E-state index in [1.807, 2.05) is 11.6 Å². The van der Waals surface area contributed by atoms with E-state index in [9.17, 15) is 0 Å². The highest BCUT2D eigenvalue weighted by molar-refractivity contribution is 5.76. The van der Waals surface area contributed by atoms with Crippen molar-refractivity contribution < 1.29 is 0 Å². The minimum Gasteiger partial charge on any atom is -0.328 e. The fourth-order valence-corrected chi connectivity index (χ4v) is 1.62. The second-order valence-corrected chi connectivity index (χ2v) is 4.04. The van der Waals surface area contributed by atoms with Crippen molar-refractivity contribution in [1.29, 1.82) is 0 Å². The summed E-state index contributed by atoms with van der Waals surface area (Å²) in [5.74, 6) is 0. The highest BCUT2D eigenvalue weighted by Crippen LogP contribution is 2.19. The molecule has 0 amide bonds. The van der Waals surface area contributed by atoms with Crippen LogP contribution in [0.1, 0.15) is 24.1 Å². The van der Waals surface area contributed by atoms with Gasteiger partial charge in [0.05, 0.1) is 11.6 Å². The lowest BCUT2D eigenvalue weighted by atomic mass is 10.1. The first-order valence-electron chi connectivity index (χ1n) is 5.15. The molecule has 0 fully saturated rings. The van der Waals surface area contributed by atoms with Crippen LogP contribution in [0.5, 0.6) is 0 Å². The fraction of sp³-hybridized carbons (Fsp3) is 0.455. The first-order valence-corrected chi connectivity index (χ1v) is 5.15. The van der Waals surface area contributed by atoms with Crippen molar-refractivity contribution in [2.24, 2.45) is 5.73 Å². The first-order chi connectivity index (χ1) is 7.13. The number of nitrogens with zero attached hydrogens (tertiary/aromatic N) is 3. The normalized spacial score (nSPS) is 13.3. The van der Waals surface area contributed by atoms with Gasteiger partial charge >= 0.3 is 0 Å². The van der Waals surface area contributed by atoms with Crippen molar-refractivity contribution in [3.05, 3.63) is 23.3 Å². The lowest BCUT2D eigenvalue weighted by Gasteiger charge is -2.09. The van der Waals surface area contributed by atoms with Gasteiger partial charge in [0.15, 0.2) is 0 Å². The van der Waals surface area contributed by atoms with Gasteiger partial charge in [0, 0.05) is 6.54 Å². The van der Waals surface area contributed by atoms with E-state index in [0.717, 1.165) is 11.0 Å². The highest BCUT2D eigenvalue weighted by Gasteiger charge is 2.10. The Morgan fingerprint density at radius 1 is 1.33 bits per heavy atom. The molecule has 2 rings (SSSR count). The summed E-state index contributed by atoms with van der Waals surface area (Å²) in [5.41, 5.74) is 10.1. The van der Waals surface area contributed by atoms with Crippen molar-refractivity contribution in [2.45, 2.75) is 26.8 Å². The van der Waals surface area contributed by atoms with Gasteiger partial charge in [0.2, 0.25) is 0 Å². The molecule has 15 heavy (non-hydrogen) atoms. The molecule has 0 radical (unpaired) electrons. The maximum atomic E-state index is 5.63.